The van der Waals surface area contributed by atoms with Crippen LogP contribution in [0.25, 0.3) is 0 Å². The Morgan fingerprint density at radius 2 is 1.83 bits per heavy atom. The molecule has 0 atom stereocenters. The Labute approximate surface area is 138 Å². The van der Waals surface area contributed by atoms with Crippen LogP contribution < -0.4 is 0 Å². The predicted octanol–water partition coefficient (Wildman–Crippen LogP) is 5.07. The van der Waals surface area contributed by atoms with E-state index in [2.05, 4.69) is 6.92 Å². The summed E-state index contributed by atoms with van der Waals surface area (Å²) < 4.78 is 18.7. The quantitative estimate of drug-likeness (QED) is 0.524. The van der Waals surface area contributed by atoms with Gasteiger partial charge in [0, 0.05) is 0 Å². The average molecular weight is 321 g/mol. The van der Waals surface area contributed by atoms with Crippen molar-refractivity contribution in [2.75, 3.05) is 0 Å². The zero-order valence-corrected chi connectivity index (χ0v) is 14.1. The van der Waals surface area contributed by atoms with Crippen LogP contribution in [0.15, 0.2) is 11.9 Å². The van der Waals surface area contributed by atoms with Gasteiger partial charge in [0.25, 0.3) is 0 Å². The van der Waals surface area contributed by atoms with Crippen molar-refractivity contribution in [1.82, 2.24) is 0 Å². The van der Waals surface area contributed by atoms with Crippen LogP contribution in [0.2, 0.25) is 0 Å². The van der Waals surface area contributed by atoms with Gasteiger partial charge in [0.1, 0.15) is 12.2 Å². The summed E-state index contributed by atoms with van der Waals surface area (Å²) >= 11 is 0. The molecule has 0 saturated heterocycles. The van der Waals surface area contributed by atoms with Gasteiger partial charge in [-0.1, -0.05) is 19.8 Å². The third-order valence-electron chi connectivity index (χ3n) is 5.37. The van der Waals surface area contributed by atoms with Crippen molar-refractivity contribution < 1.29 is 13.9 Å². The number of nitriles is 1. The third-order valence-corrected chi connectivity index (χ3v) is 5.37. The first-order chi connectivity index (χ1) is 11.1. The minimum Gasteiger partial charge on any atom is -0.462 e. The molecule has 0 aromatic carbocycles. The molecule has 2 fully saturated rings. The summed E-state index contributed by atoms with van der Waals surface area (Å²) in [7, 11) is 0. The van der Waals surface area contributed by atoms with E-state index in [9.17, 15) is 9.18 Å². The van der Waals surface area contributed by atoms with Gasteiger partial charge in [-0.25, -0.2) is 0 Å². The number of ether oxygens (including phenoxy) is 1. The van der Waals surface area contributed by atoms with E-state index in [0.29, 0.717) is 0 Å². The highest BCUT2D eigenvalue weighted by molar-refractivity contribution is 5.72. The molecule has 0 heterocycles. The molecule has 0 unspecified atom stereocenters. The predicted molar refractivity (Wildman–Crippen MR) is 87.0 cm³/mol. The number of carbonyl (C=O) groups excluding carboxylic acids is 1. The van der Waals surface area contributed by atoms with E-state index in [0.717, 1.165) is 57.3 Å². The number of rotatable bonds is 5. The van der Waals surface area contributed by atoms with E-state index in [-0.39, 0.29) is 23.9 Å². The Morgan fingerprint density at radius 1 is 1.17 bits per heavy atom. The number of halogens is 1. The van der Waals surface area contributed by atoms with Gasteiger partial charge >= 0.3 is 5.97 Å². The first-order valence-electron chi connectivity index (χ1n) is 9.10. The molecule has 0 aromatic heterocycles. The molecule has 23 heavy (non-hydrogen) atoms. The fourth-order valence-corrected chi connectivity index (χ4v) is 3.97. The Balaban J connectivity index is 1.70. The van der Waals surface area contributed by atoms with E-state index in [4.69, 9.17) is 10.00 Å². The van der Waals surface area contributed by atoms with Gasteiger partial charge in [-0.05, 0) is 69.3 Å². The monoisotopic (exact) mass is 321 g/mol. The minimum absolute atomic E-state index is 0.0225. The van der Waals surface area contributed by atoms with Gasteiger partial charge in [0.05, 0.1) is 5.92 Å². The number of hydrogen-bond donors (Lipinski definition) is 0. The van der Waals surface area contributed by atoms with Crippen LogP contribution in [0.4, 0.5) is 4.39 Å². The summed E-state index contributed by atoms with van der Waals surface area (Å²) in [5.41, 5.74) is 0. The van der Waals surface area contributed by atoms with Gasteiger partial charge in [-0.3, -0.25) is 4.79 Å². The zero-order valence-electron chi connectivity index (χ0n) is 14.1. The lowest BCUT2D eigenvalue weighted by Gasteiger charge is -2.30. The zero-order chi connectivity index (χ0) is 16.7. The number of allylic oxidation sites excluding steroid dienone is 2. The van der Waals surface area contributed by atoms with Crippen LogP contribution in [0.3, 0.4) is 0 Å². The second-order valence-electron chi connectivity index (χ2n) is 7.11. The molecule has 0 spiro atoms. The fraction of sp³-hybridized carbons (Fsp3) is 0.789. The van der Waals surface area contributed by atoms with E-state index < -0.39 is 5.83 Å². The maximum Gasteiger partial charge on any atom is 0.309 e. The maximum atomic E-state index is 13.0. The molecule has 2 aliphatic rings. The van der Waals surface area contributed by atoms with Gasteiger partial charge < -0.3 is 4.74 Å². The molecule has 0 bridgehead atoms. The van der Waals surface area contributed by atoms with Crippen molar-refractivity contribution in [3.05, 3.63) is 11.9 Å². The first-order valence-corrected chi connectivity index (χ1v) is 9.10. The molecule has 4 heteroatoms. The van der Waals surface area contributed by atoms with Crippen molar-refractivity contribution in [3.63, 3.8) is 0 Å². The molecule has 2 rings (SSSR count). The van der Waals surface area contributed by atoms with Crippen LogP contribution in [0.1, 0.15) is 71.1 Å². The number of esters is 1. The Hall–Kier alpha value is -1.37. The molecule has 0 aliphatic heterocycles. The van der Waals surface area contributed by atoms with Crippen molar-refractivity contribution in [2.24, 2.45) is 17.8 Å². The summed E-state index contributed by atoms with van der Waals surface area (Å²) in [6.07, 6.45) is 11.3. The number of hydrogen-bond acceptors (Lipinski definition) is 3. The van der Waals surface area contributed by atoms with Crippen LogP contribution in [0.5, 0.6) is 0 Å². The highest BCUT2D eigenvalue weighted by Crippen LogP contribution is 2.34. The number of nitrogens with zero attached hydrogens (tertiary/aromatic N) is 1. The van der Waals surface area contributed by atoms with Crippen molar-refractivity contribution in [3.8, 4) is 6.07 Å². The highest BCUT2D eigenvalue weighted by Gasteiger charge is 2.30. The summed E-state index contributed by atoms with van der Waals surface area (Å²) in [6, 6.07) is 1.52. The van der Waals surface area contributed by atoms with Crippen LogP contribution in [0, 0.1) is 29.1 Å². The highest BCUT2D eigenvalue weighted by atomic mass is 19.1. The Kier molecular flexibility index (Phi) is 7.08. The van der Waals surface area contributed by atoms with E-state index in [1.165, 1.54) is 25.0 Å². The molecule has 0 radical (unpaired) electrons. The summed E-state index contributed by atoms with van der Waals surface area (Å²) in [6.45, 7) is 2.22. The third kappa shape index (κ3) is 5.64. The molecule has 0 amide bonds. The summed E-state index contributed by atoms with van der Waals surface area (Å²) in [5, 5.41) is 8.47. The first kappa shape index (κ1) is 18.0. The smallest absolute Gasteiger partial charge is 0.309 e. The molecule has 0 N–H and O–H groups in total. The lowest BCUT2D eigenvalue weighted by Crippen LogP contribution is -2.30. The SMILES string of the molecule is CCC[C@H]1CC[C@H](C(=O)O[C@H]2CC[C@H](C=C(F)C#N)CC2)CC1. The van der Waals surface area contributed by atoms with E-state index in [1.807, 2.05) is 0 Å². The topological polar surface area (TPSA) is 50.1 Å². The second-order valence-corrected chi connectivity index (χ2v) is 7.11. The van der Waals surface area contributed by atoms with Gasteiger partial charge in [-0.15, -0.1) is 0 Å². The normalized spacial score (nSPS) is 32.1. The lowest BCUT2D eigenvalue weighted by atomic mass is 9.80. The van der Waals surface area contributed by atoms with Gasteiger partial charge in [0.2, 0.25) is 0 Å². The molecule has 3 nitrogen and oxygen atoms in total. The van der Waals surface area contributed by atoms with Crippen molar-refractivity contribution in [2.45, 2.75) is 77.2 Å². The van der Waals surface area contributed by atoms with Crippen LogP contribution in [-0.2, 0) is 9.53 Å². The Bertz CT molecular complexity index is 452. The number of carbonyl (C=O) groups is 1. The van der Waals surface area contributed by atoms with Gasteiger partial charge in [-0.2, -0.15) is 9.65 Å². The van der Waals surface area contributed by atoms with Crippen molar-refractivity contribution in [1.29, 1.82) is 5.26 Å². The lowest BCUT2D eigenvalue weighted by molar-refractivity contribution is -0.157. The van der Waals surface area contributed by atoms with E-state index >= 15 is 0 Å². The summed E-state index contributed by atoms with van der Waals surface area (Å²) in [4.78, 5) is 12.3. The van der Waals surface area contributed by atoms with E-state index in [1.54, 1.807) is 0 Å². The standard InChI is InChI=1S/C19H28FNO2/c1-2-3-14-4-8-16(9-5-14)19(22)23-18-10-6-15(7-11-18)12-17(20)13-21/h12,14-16,18H,2-11H2,1H3/t14-,15-,16-,18-. The van der Waals surface area contributed by atoms with Crippen LogP contribution >= 0.6 is 0 Å². The van der Waals surface area contributed by atoms with Gasteiger partial charge in [0.15, 0.2) is 5.83 Å². The van der Waals surface area contributed by atoms with Crippen LogP contribution in [-0.4, -0.2) is 12.1 Å². The second kappa shape index (κ2) is 9.05. The molecular weight excluding hydrogens is 293 g/mol. The van der Waals surface area contributed by atoms with Crippen molar-refractivity contribution >= 4 is 5.97 Å². The molecule has 2 saturated carbocycles. The molecular formula is C19H28FNO2. The average Bonchev–Trinajstić information content (AvgIpc) is 2.57. The molecule has 2 aliphatic carbocycles. The summed E-state index contributed by atoms with van der Waals surface area (Å²) in [5.74, 6) is 0.253. The maximum absolute atomic E-state index is 13.0. The minimum atomic E-state index is -0.700. The largest absolute Gasteiger partial charge is 0.462 e. The Morgan fingerprint density at radius 3 is 2.39 bits per heavy atom. The molecule has 0 aromatic rings. The molecule has 128 valence electrons. The fourth-order valence-electron chi connectivity index (χ4n) is 3.97.